The van der Waals surface area contributed by atoms with Crippen molar-refractivity contribution in [3.05, 3.63) is 29.7 Å². The van der Waals surface area contributed by atoms with Gasteiger partial charge in [0.15, 0.2) is 0 Å². The lowest BCUT2D eigenvalue weighted by atomic mass is 9.93. The molecule has 5 nitrogen and oxygen atoms in total. The zero-order valence-electron chi connectivity index (χ0n) is 15.0. The summed E-state index contributed by atoms with van der Waals surface area (Å²) in [6.07, 6.45) is 10.8. The highest BCUT2D eigenvalue weighted by atomic mass is 16.3. The van der Waals surface area contributed by atoms with Crippen LogP contribution in [0.1, 0.15) is 56.5 Å². The lowest BCUT2D eigenvalue weighted by molar-refractivity contribution is -0.132. The van der Waals surface area contributed by atoms with Crippen LogP contribution in [-0.2, 0) is 9.59 Å². The zero-order chi connectivity index (χ0) is 17.6. The third-order valence-corrected chi connectivity index (χ3v) is 5.21. The maximum absolute atomic E-state index is 12.5. The van der Waals surface area contributed by atoms with Gasteiger partial charge in [0.05, 0.1) is 5.92 Å². The second-order valence-corrected chi connectivity index (χ2v) is 7.25. The second kappa shape index (κ2) is 8.37. The molecule has 1 aliphatic heterocycles. The first kappa shape index (κ1) is 17.8. The Morgan fingerprint density at radius 3 is 2.68 bits per heavy atom. The summed E-state index contributed by atoms with van der Waals surface area (Å²) in [6.45, 7) is 3.10. The van der Waals surface area contributed by atoms with Gasteiger partial charge in [-0.25, -0.2) is 0 Å². The fourth-order valence-corrected chi connectivity index (χ4v) is 3.76. The minimum Gasteiger partial charge on any atom is -0.462 e. The number of rotatable bonds is 4. The van der Waals surface area contributed by atoms with E-state index in [9.17, 15) is 9.59 Å². The van der Waals surface area contributed by atoms with Crippen LogP contribution in [0.25, 0.3) is 6.08 Å². The third kappa shape index (κ3) is 4.97. The summed E-state index contributed by atoms with van der Waals surface area (Å²) in [5.74, 6) is 1.48. The normalized spacial score (nSPS) is 22.3. The average molecular weight is 344 g/mol. The van der Waals surface area contributed by atoms with Gasteiger partial charge in [-0.15, -0.1) is 0 Å². The molecule has 1 aromatic heterocycles. The van der Waals surface area contributed by atoms with Gasteiger partial charge in [-0.3, -0.25) is 9.59 Å². The number of aryl methyl sites for hydroxylation is 1. The summed E-state index contributed by atoms with van der Waals surface area (Å²) in [4.78, 5) is 26.7. The van der Waals surface area contributed by atoms with Gasteiger partial charge in [0.2, 0.25) is 11.8 Å². The molecule has 1 atom stereocenters. The Balaban J connectivity index is 1.52. The Morgan fingerprint density at radius 2 is 1.96 bits per heavy atom. The highest BCUT2D eigenvalue weighted by molar-refractivity contribution is 5.92. The summed E-state index contributed by atoms with van der Waals surface area (Å²) in [7, 11) is 0. The van der Waals surface area contributed by atoms with E-state index in [1.54, 1.807) is 17.1 Å². The Morgan fingerprint density at radius 1 is 1.16 bits per heavy atom. The van der Waals surface area contributed by atoms with Crippen LogP contribution in [0.3, 0.4) is 0 Å². The number of amides is 2. The number of likely N-dealkylation sites (tertiary alicyclic amines) is 1. The fraction of sp³-hybridized carbons (Fsp3) is 0.600. The molecule has 136 valence electrons. The molecule has 0 spiro atoms. The SMILES string of the molecule is Cc1ccc(/C=C/C(=O)N2CCC[C@@H](C(=O)NC3CCCCC3)C2)o1. The predicted octanol–water partition coefficient (Wildman–Crippen LogP) is 3.29. The van der Waals surface area contributed by atoms with Crippen molar-refractivity contribution in [1.29, 1.82) is 0 Å². The first-order chi connectivity index (χ1) is 12.1. The van der Waals surface area contributed by atoms with Gasteiger partial charge in [-0.05, 0) is 50.8 Å². The van der Waals surface area contributed by atoms with Gasteiger partial charge in [-0.1, -0.05) is 19.3 Å². The molecule has 2 heterocycles. The summed E-state index contributed by atoms with van der Waals surface area (Å²) in [5.41, 5.74) is 0. The quantitative estimate of drug-likeness (QED) is 0.853. The molecular weight excluding hydrogens is 316 g/mol. The molecule has 0 bridgehead atoms. The number of furan rings is 1. The second-order valence-electron chi connectivity index (χ2n) is 7.25. The van der Waals surface area contributed by atoms with E-state index in [1.165, 1.54) is 19.3 Å². The van der Waals surface area contributed by atoms with Crippen molar-refractivity contribution in [2.45, 2.75) is 57.9 Å². The lowest BCUT2D eigenvalue weighted by Crippen LogP contribution is -2.47. The molecule has 2 fully saturated rings. The molecule has 0 radical (unpaired) electrons. The summed E-state index contributed by atoms with van der Waals surface area (Å²) >= 11 is 0. The molecule has 2 amide bonds. The van der Waals surface area contributed by atoms with Gasteiger partial charge in [-0.2, -0.15) is 0 Å². The molecule has 25 heavy (non-hydrogen) atoms. The van der Waals surface area contributed by atoms with E-state index >= 15 is 0 Å². The predicted molar refractivity (Wildman–Crippen MR) is 96.8 cm³/mol. The smallest absolute Gasteiger partial charge is 0.246 e. The van der Waals surface area contributed by atoms with Crippen LogP contribution in [0, 0.1) is 12.8 Å². The molecule has 2 aliphatic rings. The van der Waals surface area contributed by atoms with Crippen molar-refractivity contribution in [2.24, 2.45) is 5.92 Å². The van der Waals surface area contributed by atoms with Gasteiger partial charge < -0.3 is 14.6 Å². The summed E-state index contributed by atoms with van der Waals surface area (Å²) in [6, 6.07) is 4.04. The Hall–Kier alpha value is -2.04. The van der Waals surface area contributed by atoms with Crippen molar-refractivity contribution in [1.82, 2.24) is 10.2 Å². The highest BCUT2D eigenvalue weighted by Gasteiger charge is 2.29. The van der Waals surface area contributed by atoms with Crippen molar-refractivity contribution in [3.8, 4) is 0 Å². The Labute approximate surface area is 149 Å². The molecule has 1 aromatic rings. The van der Waals surface area contributed by atoms with Crippen molar-refractivity contribution < 1.29 is 14.0 Å². The van der Waals surface area contributed by atoms with E-state index in [1.807, 2.05) is 19.1 Å². The third-order valence-electron chi connectivity index (χ3n) is 5.21. The molecule has 5 heteroatoms. The maximum Gasteiger partial charge on any atom is 0.246 e. The van der Waals surface area contributed by atoms with Gasteiger partial charge in [0.25, 0.3) is 0 Å². The summed E-state index contributed by atoms with van der Waals surface area (Å²) in [5, 5.41) is 3.20. The Kier molecular flexibility index (Phi) is 5.95. The number of carbonyl (C=O) groups excluding carboxylic acids is 2. The van der Waals surface area contributed by atoms with Crippen LogP contribution >= 0.6 is 0 Å². The van der Waals surface area contributed by atoms with E-state index < -0.39 is 0 Å². The maximum atomic E-state index is 12.5. The molecule has 1 N–H and O–H groups in total. The van der Waals surface area contributed by atoms with Crippen LogP contribution in [0.2, 0.25) is 0 Å². The van der Waals surface area contributed by atoms with E-state index in [4.69, 9.17) is 4.42 Å². The largest absolute Gasteiger partial charge is 0.462 e. The average Bonchev–Trinajstić information content (AvgIpc) is 3.06. The number of hydrogen-bond donors (Lipinski definition) is 1. The number of nitrogens with zero attached hydrogens (tertiary/aromatic N) is 1. The van der Waals surface area contributed by atoms with Crippen LogP contribution in [-0.4, -0.2) is 35.8 Å². The van der Waals surface area contributed by atoms with Crippen molar-refractivity contribution in [3.63, 3.8) is 0 Å². The minimum absolute atomic E-state index is 0.0516. The molecular formula is C20H28N2O3. The van der Waals surface area contributed by atoms with Crippen LogP contribution in [0.5, 0.6) is 0 Å². The first-order valence-electron chi connectivity index (χ1n) is 9.45. The van der Waals surface area contributed by atoms with E-state index in [0.29, 0.717) is 24.9 Å². The number of hydrogen-bond acceptors (Lipinski definition) is 3. The zero-order valence-corrected chi connectivity index (χ0v) is 15.0. The molecule has 0 unspecified atom stereocenters. The monoisotopic (exact) mass is 344 g/mol. The van der Waals surface area contributed by atoms with Crippen LogP contribution < -0.4 is 5.32 Å². The van der Waals surface area contributed by atoms with Crippen molar-refractivity contribution >= 4 is 17.9 Å². The topological polar surface area (TPSA) is 62.6 Å². The summed E-state index contributed by atoms with van der Waals surface area (Å²) < 4.78 is 5.44. The molecule has 1 aliphatic carbocycles. The van der Waals surface area contributed by atoms with Gasteiger partial charge in [0, 0.05) is 25.2 Å². The fourth-order valence-electron chi connectivity index (χ4n) is 3.76. The van der Waals surface area contributed by atoms with E-state index in [2.05, 4.69) is 5.32 Å². The Bertz CT molecular complexity index is 629. The number of piperidine rings is 1. The molecule has 0 aromatic carbocycles. The highest BCUT2D eigenvalue weighted by Crippen LogP contribution is 2.21. The first-order valence-corrected chi connectivity index (χ1v) is 9.45. The van der Waals surface area contributed by atoms with Gasteiger partial charge in [0.1, 0.15) is 11.5 Å². The van der Waals surface area contributed by atoms with Crippen LogP contribution in [0.4, 0.5) is 0 Å². The molecule has 1 saturated carbocycles. The number of nitrogens with one attached hydrogen (secondary N) is 1. The minimum atomic E-state index is -0.0844. The van der Waals surface area contributed by atoms with Gasteiger partial charge >= 0.3 is 0 Å². The lowest BCUT2D eigenvalue weighted by Gasteiger charge is -2.33. The van der Waals surface area contributed by atoms with E-state index in [0.717, 1.165) is 31.4 Å². The molecule has 3 rings (SSSR count). The van der Waals surface area contributed by atoms with Crippen LogP contribution in [0.15, 0.2) is 22.6 Å². The molecule has 1 saturated heterocycles. The number of carbonyl (C=O) groups is 2. The standard InChI is InChI=1S/C20H28N2O3/c1-15-9-10-18(25-15)11-12-19(23)22-13-5-6-16(14-22)20(24)21-17-7-3-2-4-8-17/h9-12,16-17H,2-8,13-14H2,1H3,(H,21,24)/b12-11+/t16-/m1/s1. The van der Waals surface area contributed by atoms with Crippen molar-refractivity contribution in [2.75, 3.05) is 13.1 Å². The van der Waals surface area contributed by atoms with E-state index in [-0.39, 0.29) is 17.7 Å².